The maximum atomic E-state index is 12.4. The molecule has 0 saturated heterocycles. The van der Waals surface area contributed by atoms with Crippen LogP contribution in [0.1, 0.15) is 24.2 Å². The molecular weight excluding hydrogens is 290 g/mol. The lowest BCUT2D eigenvalue weighted by molar-refractivity contribution is 0.102. The van der Waals surface area contributed by atoms with Crippen LogP contribution < -0.4 is 14.8 Å². The van der Waals surface area contributed by atoms with Gasteiger partial charge in [0, 0.05) is 5.69 Å². The molecule has 0 aliphatic rings. The average molecular weight is 311 g/mol. The summed E-state index contributed by atoms with van der Waals surface area (Å²) in [6.07, 6.45) is 0. The molecule has 0 atom stereocenters. The van der Waals surface area contributed by atoms with Crippen LogP contribution in [0.2, 0.25) is 0 Å². The van der Waals surface area contributed by atoms with Gasteiger partial charge in [-0.2, -0.15) is 0 Å². The number of carbonyl (C=O) groups is 1. The van der Waals surface area contributed by atoms with Gasteiger partial charge in [-0.1, -0.05) is 18.7 Å². The van der Waals surface area contributed by atoms with Crippen LogP contribution in [0, 0.1) is 0 Å². The molecule has 2 aromatic carbocycles. The van der Waals surface area contributed by atoms with E-state index in [0.29, 0.717) is 30.2 Å². The largest absolute Gasteiger partial charge is 0.494 e. The van der Waals surface area contributed by atoms with Gasteiger partial charge in [-0.3, -0.25) is 4.79 Å². The summed E-state index contributed by atoms with van der Waals surface area (Å²) in [4.78, 5) is 12.4. The molecule has 0 aromatic heterocycles. The van der Waals surface area contributed by atoms with Crippen molar-refractivity contribution >= 4 is 11.6 Å². The summed E-state index contributed by atoms with van der Waals surface area (Å²) in [6, 6.07) is 14.4. The van der Waals surface area contributed by atoms with Crippen LogP contribution in [0.3, 0.4) is 0 Å². The number of anilines is 1. The summed E-state index contributed by atoms with van der Waals surface area (Å²) in [5, 5.41) is 2.86. The molecule has 0 heterocycles. The van der Waals surface area contributed by atoms with Crippen LogP contribution in [-0.4, -0.2) is 19.1 Å². The van der Waals surface area contributed by atoms with E-state index < -0.39 is 0 Å². The molecular formula is C19H21NO3. The normalized spacial score (nSPS) is 10.0. The Hall–Kier alpha value is -2.75. The zero-order valence-electron chi connectivity index (χ0n) is 13.5. The van der Waals surface area contributed by atoms with E-state index >= 15 is 0 Å². The van der Waals surface area contributed by atoms with Crippen molar-refractivity contribution in [2.24, 2.45) is 0 Å². The van der Waals surface area contributed by atoms with Gasteiger partial charge in [0.2, 0.25) is 0 Å². The van der Waals surface area contributed by atoms with Gasteiger partial charge in [0.05, 0.1) is 12.2 Å². The first-order chi connectivity index (χ1) is 11.1. The molecule has 4 heteroatoms. The molecule has 120 valence electrons. The van der Waals surface area contributed by atoms with E-state index in [1.807, 2.05) is 32.0 Å². The summed E-state index contributed by atoms with van der Waals surface area (Å²) in [5.74, 6) is 1.10. The van der Waals surface area contributed by atoms with E-state index in [0.717, 1.165) is 11.3 Å². The van der Waals surface area contributed by atoms with Crippen LogP contribution in [0.4, 0.5) is 5.69 Å². The minimum atomic E-state index is -0.216. The summed E-state index contributed by atoms with van der Waals surface area (Å²) in [7, 11) is 0. The molecule has 0 radical (unpaired) electrons. The van der Waals surface area contributed by atoms with E-state index in [-0.39, 0.29) is 5.91 Å². The molecule has 2 aromatic rings. The zero-order chi connectivity index (χ0) is 16.7. The van der Waals surface area contributed by atoms with Crippen LogP contribution in [0.5, 0.6) is 11.5 Å². The van der Waals surface area contributed by atoms with E-state index in [4.69, 9.17) is 9.47 Å². The summed E-state index contributed by atoms with van der Waals surface area (Å²) < 4.78 is 11.0. The van der Waals surface area contributed by atoms with Crippen LogP contribution in [0.25, 0.3) is 0 Å². The van der Waals surface area contributed by atoms with Crippen molar-refractivity contribution < 1.29 is 14.3 Å². The van der Waals surface area contributed by atoms with Gasteiger partial charge in [0.1, 0.15) is 18.1 Å². The average Bonchev–Trinajstić information content (AvgIpc) is 2.55. The third-order valence-electron chi connectivity index (χ3n) is 3.03. The summed E-state index contributed by atoms with van der Waals surface area (Å²) in [5.41, 5.74) is 2.09. The number of rotatable bonds is 7. The van der Waals surface area contributed by atoms with Crippen molar-refractivity contribution in [3.8, 4) is 11.5 Å². The number of nitrogens with one attached hydrogen (secondary N) is 1. The Morgan fingerprint density at radius 3 is 2.43 bits per heavy atom. The molecule has 23 heavy (non-hydrogen) atoms. The number of para-hydroxylation sites is 1. The first kappa shape index (κ1) is 16.6. The molecule has 0 aliphatic carbocycles. The second kappa shape index (κ2) is 8.03. The van der Waals surface area contributed by atoms with Gasteiger partial charge in [-0.05, 0) is 55.8 Å². The minimum absolute atomic E-state index is 0.216. The maximum Gasteiger partial charge on any atom is 0.259 e. The van der Waals surface area contributed by atoms with Crippen LogP contribution >= 0.6 is 0 Å². The van der Waals surface area contributed by atoms with Crippen molar-refractivity contribution in [2.75, 3.05) is 18.5 Å². The Morgan fingerprint density at radius 2 is 1.78 bits per heavy atom. The monoisotopic (exact) mass is 311 g/mol. The van der Waals surface area contributed by atoms with Crippen molar-refractivity contribution in [2.45, 2.75) is 13.8 Å². The predicted octanol–water partition coefficient (Wildman–Crippen LogP) is 4.29. The fourth-order valence-corrected chi connectivity index (χ4v) is 1.98. The lowest BCUT2D eigenvalue weighted by Gasteiger charge is -2.12. The Labute approximate surface area is 136 Å². The minimum Gasteiger partial charge on any atom is -0.494 e. The van der Waals surface area contributed by atoms with Gasteiger partial charge in [-0.25, -0.2) is 0 Å². The molecule has 0 aliphatic heterocycles. The molecule has 0 saturated carbocycles. The van der Waals surface area contributed by atoms with Gasteiger partial charge < -0.3 is 14.8 Å². The van der Waals surface area contributed by atoms with E-state index in [1.165, 1.54) is 0 Å². The molecule has 1 N–H and O–H groups in total. The van der Waals surface area contributed by atoms with Gasteiger partial charge >= 0.3 is 0 Å². The smallest absolute Gasteiger partial charge is 0.259 e. The first-order valence-electron chi connectivity index (χ1n) is 7.50. The van der Waals surface area contributed by atoms with Crippen molar-refractivity contribution in [1.29, 1.82) is 0 Å². The molecule has 1 amide bonds. The van der Waals surface area contributed by atoms with Gasteiger partial charge in [0.25, 0.3) is 5.91 Å². The molecule has 0 spiro atoms. The van der Waals surface area contributed by atoms with Crippen LogP contribution in [-0.2, 0) is 0 Å². The first-order valence-corrected chi connectivity index (χ1v) is 7.50. The third kappa shape index (κ3) is 4.88. The standard InChI is InChI=1S/C19H21NO3/c1-4-22-16-11-9-15(10-12-16)20-19(21)17-7-5-6-8-18(17)23-13-14(2)3/h5-12H,2,4,13H2,1,3H3,(H,20,21). The fraction of sp³-hybridized carbons (Fsp3) is 0.211. The Kier molecular flexibility index (Phi) is 5.80. The highest BCUT2D eigenvalue weighted by molar-refractivity contribution is 6.06. The van der Waals surface area contributed by atoms with E-state index in [1.54, 1.807) is 30.3 Å². The van der Waals surface area contributed by atoms with Crippen molar-refractivity contribution in [1.82, 2.24) is 0 Å². The molecule has 0 unspecified atom stereocenters. The fourth-order valence-electron chi connectivity index (χ4n) is 1.98. The van der Waals surface area contributed by atoms with Gasteiger partial charge in [-0.15, -0.1) is 0 Å². The molecule has 0 fully saturated rings. The number of hydrogen-bond acceptors (Lipinski definition) is 3. The molecule has 2 rings (SSSR count). The van der Waals surface area contributed by atoms with E-state index in [9.17, 15) is 4.79 Å². The highest BCUT2D eigenvalue weighted by Crippen LogP contribution is 2.21. The Balaban J connectivity index is 2.09. The highest BCUT2D eigenvalue weighted by atomic mass is 16.5. The number of carbonyl (C=O) groups excluding carboxylic acids is 1. The highest BCUT2D eigenvalue weighted by Gasteiger charge is 2.12. The number of ether oxygens (including phenoxy) is 2. The quantitative estimate of drug-likeness (QED) is 0.776. The SMILES string of the molecule is C=C(C)COc1ccccc1C(=O)Nc1ccc(OCC)cc1. The van der Waals surface area contributed by atoms with Crippen LogP contribution in [0.15, 0.2) is 60.7 Å². The van der Waals surface area contributed by atoms with E-state index in [2.05, 4.69) is 11.9 Å². The zero-order valence-corrected chi connectivity index (χ0v) is 13.5. The predicted molar refractivity (Wildman–Crippen MR) is 92.3 cm³/mol. The maximum absolute atomic E-state index is 12.4. The topological polar surface area (TPSA) is 47.6 Å². The lowest BCUT2D eigenvalue weighted by atomic mass is 10.2. The molecule has 0 bridgehead atoms. The second-order valence-electron chi connectivity index (χ2n) is 5.15. The van der Waals surface area contributed by atoms with Crippen molar-refractivity contribution in [3.63, 3.8) is 0 Å². The summed E-state index contributed by atoms with van der Waals surface area (Å²) >= 11 is 0. The lowest BCUT2D eigenvalue weighted by Crippen LogP contribution is -2.14. The second-order valence-corrected chi connectivity index (χ2v) is 5.15. The third-order valence-corrected chi connectivity index (χ3v) is 3.03. The Morgan fingerprint density at radius 1 is 1.09 bits per heavy atom. The number of benzene rings is 2. The van der Waals surface area contributed by atoms with Gasteiger partial charge in [0.15, 0.2) is 0 Å². The van der Waals surface area contributed by atoms with Crippen molar-refractivity contribution in [3.05, 3.63) is 66.2 Å². The number of amides is 1. The Bertz CT molecular complexity index is 677. The summed E-state index contributed by atoms with van der Waals surface area (Å²) in [6.45, 7) is 8.60. The number of hydrogen-bond donors (Lipinski definition) is 1. The molecule has 4 nitrogen and oxygen atoms in total.